The average molecular weight is 235 g/mol. The highest BCUT2D eigenvalue weighted by Crippen LogP contribution is 2.18. The maximum Gasteiger partial charge on any atom is 0.252 e. The predicted octanol–water partition coefficient (Wildman–Crippen LogP) is 3.09. The van der Waals surface area contributed by atoms with Crippen LogP contribution in [0.2, 0.25) is 0 Å². The van der Waals surface area contributed by atoms with E-state index in [1.807, 2.05) is 36.4 Å². The van der Waals surface area contributed by atoms with E-state index < -0.39 is 5.24 Å². The van der Waals surface area contributed by atoms with Crippen LogP contribution < -0.4 is 4.74 Å². The van der Waals surface area contributed by atoms with Gasteiger partial charge in [-0.1, -0.05) is 30.4 Å². The Labute approximate surface area is 99.2 Å². The molecule has 1 aliphatic carbocycles. The molecule has 0 radical (unpaired) electrons. The summed E-state index contributed by atoms with van der Waals surface area (Å²) >= 11 is 5.37. The summed E-state index contributed by atoms with van der Waals surface area (Å²) in [5.41, 5.74) is 0.537. The largest absolute Gasteiger partial charge is 0.486 e. The van der Waals surface area contributed by atoms with E-state index in [1.54, 1.807) is 12.2 Å². The van der Waals surface area contributed by atoms with Gasteiger partial charge in [0, 0.05) is 12.0 Å². The summed E-state index contributed by atoms with van der Waals surface area (Å²) < 4.78 is 5.70. The van der Waals surface area contributed by atoms with Crippen LogP contribution >= 0.6 is 11.6 Å². The fourth-order valence-corrected chi connectivity index (χ4v) is 1.65. The summed E-state index contributed by atoms with van der Waals surface area (Å²) in [6.07, 6.45) is 5.99. The maximum atomic E-state index is 10.9. The third-order valence-electron chi connectivity index (χ3n) is 2.32. The molecule has 0 heterocycles. The van der Waals surface area contributed by atoms with Crippen LogP contribution in [0.15, 0.2) is 54.1 Å². The lowest BCUT2D eigenvalue weighted by Gasteiger charge is -2.17. The molecule has 0 saturated carbocycles. The minimum absolute atomic E-state index is 0.0258. The van der Waals surface area contributed by atoms with Crippen LogP contribution in [0.4, 0.5) is 0 Å². The Balaban J connectivity index is 1.97. The summed E-state index contributed by atoms with van der Waals surface area (Å²) in [6, 6.07) is 9.59. The van der Waals surface area contributed by atoms with Gasteiger partial charge in [0.15, 0.2) is 0 Å². The van der Waals surface area contributed by atoms with Crippen molar-refractivity contribution in [1.82, 2.24) is 0 Å². The lowest BCUT2D eigenvalue weighted by Crippen LogP contribution is -2.15. The van der Waals surface area contributed by atoms with Crippen molar-refractivity contribution >= 4 is 16.8 Å². The molecule has 0 aliphatic heterocycles. The lowest BCUT2D eigenvalue weighted by molar-refractivity contribution is -0.108. The topological polar surface area (TPSA) is 26.3 Å². The van der Waals surface area contributed by atoms with E-state index in [9.17, 15) is 4.79 Å². The van der Waals surface area contributed by atoms with Crippen LogP contribution in [0.3, 0.4) is 0 Å². The van der Waals surface area contributed by atoms with E-state index >= 15 is 0 Å². The monoisotopic (exact) mass is 234 g/mol. The van der Waals surface area contributed by atoms with Gasteiger partial charge in [0.25, 0.3) is 5.24 Å². The maximum absolute atomic E-state index is 10.9. The summed E-state index contributed by atoms with van der Waals surface area (Å²) in [4.78, 5) is 10.9. The molecule has 2 rings (SSSR count). The summed E-state index contributed by atoms with van der Waals surface area (Å²) in [7, 11) is 0. The number of para-hydroxylation sites is 1. The summed E-state index contributed by atoms with van der Waals surface area (Å²) in [5, 5.41) is -0.422. The highest BCUT2D eigenvalue weighted by Gasteiger charge is 2.12. The van der Waals surface area contributed by atoms with Gasteiger partial charge in [-0.2, -0.15) is 0 Å². The van der Waals surface area contributed by atoms with Crippen molar-refractivity contribution in [3.8, 4) is 5.75 Å². The fourth-order valence-electron chi connectivity index (χ4n) is 1.51. The van der Waals surface area contributed by atoms with E-state index in [4.69, 9.17) is 16.3 Å². The second-order valence-electron chi connectivity index (χ2n) is 3.50. The molecule has 2 nitrogen and oxygen atoms in total. The Kier molecular flexibility index (Phi) is 3.42. The van der Waals surface area contributed by atoms with Crippen molar-refractivity contribution in [2.45, 2.75) is 12.5 Å². The van der Waals surface area contributed by atoms with Crippen LogP contribution in [0.5, 0.6) is 5.75 Å². The highest BCUT2D eigenvalue weighted by atomic mass is 35.5. The first-order chi connectivity index (χ1) is 7.75. The molecule has 0 N–H and O–H groups in total. The molecule has 1 aliphatic rings. The third kappa shape index (κ3) is 2.74. The molecular formula is C13H11ClO2. The van der Waals surface area contributed by atoms with E-state index in [0.29, 0.717) is 12.0 Å². The molecule has 0 spiro atoms. The second-order valence-corrected chi connectivity index (χ2v) is 3.84. The fraction of sp³-hybridized carbons (Fsp3) is 0.154. The number of allylic oxidation sites excluding steroid dienone is 2. The van der Waals surface area contributed by atoms with E-state index in [2.05, 4.69) is 0 Å². The molecule has 0 saturated heterocycles. The molecule has 1 atom stereocenters. The molecule has 3 heteroatoms. The van der Waals surface area contributed by atoms with Gasteiger partial charge in [-0.25, -0.2) is 0 Å². The van der Waals surface area contributed by atoms with Crippen molar-refractivity contribution in [3.05, 3.63) is 54.1 Å². The highest BCUT2D eigenvalue weighted by molar-refractivity contribution is 6.68. The van der Waals surface area contributed by atoms with Crippen LogP contribution in [0.25, 0.3) is 0 Å². The summed E-state index contributed by atoms with van der Waals surface area (Å²) in [6.45, 7) is 0. The van der Waals surface area contributed by atoms with Gasteiger partial charge in [0.1, 0.15) is 11.9 Å². The Morgan fingerprint density at radius 3 is 2.62 bits per heavy atom. The van der Waals surface area contributed by atoms with Gasteiger partial charge in [0.2, 0.25) is 0 Å². The molecule has 1 aromatic rings. The predicted molar refractivity (Wildman–Crippen MR) is 63.6 cm³/mol. The van der Waals surface area contributed by atoms with Crippen LogP contribution in [-0.2, 0) is 4.79 Å². The minimum atomic E-state index is -0.422. The van der Waals surface area contributed by atoms with Crippen molar-refractivity contribution < 1.29 is 9.53 Å². The summed E-state index contributed by atoms with van der Waals surface area (Å²) in [5.74, 6) is 0.825. The van der Waals surface area contributed by atoms with Crippen molar-refractivity contribution in [3.63, 3.8) is 0 Å². The quantitative estimate of drug-likeness (QED) is 0.752. The number of carbonyl (C=O) groups is 1. The Morgan fingerprint density at radius 1 is 1.31 bits per heavy atom. The molecule has 82 valence electrons. The first-order valence-corrected chi connectivity index (χ1v) is 5.43. The van der Waals surface area contributed by atoms with E-state index in [0.717, 1.165) is 5.75 Å². The number of halogens is 1. The third-order valence-corrected chi connectivity index (χ3v) is 2.54. The molecule has 1 unspecified atom stereocenters. The van der Waals surface area contributed by atoms with E-state index in [-0.39, 0.29) is 6.10 Å². The Morgan fingerprint density at radius 2 is 2.06 bits per heavy atom. The zero-order valence-electron chi connectivity index (χ0n) is 8.60. The van der Waals surface area contributed by atoms with Gasteiger partial charge in [0.05, 0.1) is 0 Å². The zero-order valence-corrected chi connectivity index (χ0v) is 9.35. The number of hydrogen-bond donors (Lipinski definition) is 0. The number of rotatable bonds is 3. The minimum Gasteiger partial charge on any atom is -0.486 e. The van der Waals surface area contributed by atoms with Crippen LogP contribution in [0.1, 0.15) is 6.42 Å². The second kappa shape index (κ2) is 4.99. The number of ether oxygens (including phenoxy) is 1. The average Bonchev–Trinajstić information content (AvgIpc) is 2.31. The molecule has 0 amide bonds. The van der Waals surface area contributed by atoms with Gasteiger partial charge in [-0.15, -0.1) is 0 Å². The first kappa shape index (κ1) is 11.0. The number of hydrogen-bond acceptors (Lipinski definition) is 2. The van der Waals surface area contributed by atoms with E-state index in [1.165, 1.54) is 0 Å². The Hall–Kier alpha value is -1.54. The molecule has 0 fully saturated rings. The van der Waals surface area contributed by atoms with Gasteiger partial charge < -0.3 is 4.74 Å². The molecule has 0 bridgehead atoms. The van der Waals surface area contributed by atoms with Crippen LogP contribution in [0, 0.1) is 0 Å². The van der Waals surface area contributed by atoms with Crippen molar-refractivity contribution in [2.24, 2.45) is 0 Å². The zero-order chi connectivity index (χ0) is 11.4. The molecule has 1 aromatic carbocycles. The van der Waals surface area contributed by atoms with Gasteiger partial charge in [-0.3, -0.25) is 4.79 Å². The van der Waals surface area contributed by atoms with Gasteiger partial charge >= 0.3 is 0 Å². The van der Waals surface area contributed by atoms with Crippen molar-refractivity contribution in [1.29, 1.82) is 0 Å². The normalized spacial score (nSPS) is 19.1. The first-order valence-electron chi connectivity index (χ1n) is 5.05. The number of carbonyl (C=O) groups excluding carboxylic acids is 1. The van der Waals surface area contributed by atoms with Crippen LogP contribution in [-0.4, -0.2) is 11.3 Å². The lowest BCUT2D eigenvalue weighted by atomic mass is 10.1. The van der Waals surface area contributed by atoms with Gasteiger partial charge in [-0.05, 0) is 29.8 Å². The Bertz CT molecular complexity index is 435. The SMILES string of the molecule is O=C(Cl)C1=CCC(Oc2ccccc2)C=C1. The molecule has 0 aromatic heterocycles. The standard InChI is InChI=1S/C13H11ClO2/c14-13(15)10-6-8-12(9-7-10)16-11-4-2-1-3-5-11/h1-8,12H,9H2. The van der Waals surface area contributed by atoms with Crippen molar-refractivity contribution in [2.75, 3.05) is 0 Å². The molecular weight excluding hydrogens is 224 g/mol. The smallest absolute Gasteiger partial charge is 0.252 e. The molecule has 16 heavy (non-hydrogen) atoms. The number of benzene rings is 1.